The number of hydrogen-bond acceptors (Lipinski definition) is 14. The van der Waals surface area contributed by atoms with Crippen LogP contribution in [0.1, 0.15) is 117 Å². The molecule has 10 atom stereocenters. The number of methoxy groups -OCH3 is 3. The van der Waals surface area contributed by atoms with E-state index in [1.807, 2.05) is 87.9 Å². The van der Waals surface area contributed by atoms with Gasteiger partial charge in [-0.05, 0) is 112 Å². The molecule has 10 unspecified atom stereocenters. The second-order valence-electron chi connectivity index (χ2n) is 22.6. The summed E-state index contributed by atoms with van der Waals surface area (Å²) < 4.78 is 22.9. The van der Waals surface area contributed by atoms with E-state index in [2.05, 4.69) is 31.9 Å². The number of nitrogens with two attached hydrogens (primary N) is 1. The van der Waals surface area contributed by atoms with Crippen molar-refractivity contribution in [3.8, 4) is 0 Å². The van der Waals surface area contributed by atoms with Crippen LogP contribution in [0, 0.1) is 17.8 Å². The summed E-state index contributed by atoms with van der Waals surface area (Å²) in [6.07, 6.45) is 6.55. The molecule has 1 aliphatic heterocycles. The first-order chi connectivity index (χ1) is 40.0. The van der Waals surface area contributed by atoms with Crippen LogP contribution in [0.3, 0.4) is 0 Å². The zero-order chi connectivity index (χ0) is 62.0. The van der Waals surface area contributed by atoms with E-state index in [1.165, 1.54) is 7.11 Å². The van der Waals surface area contributed by atoms with Crippen molar-refractivity contribution in [1.29, 1.82) is 0 Å². The van der Waals surface area contributed by atoms with Gasteiger partial charge >= 0.3 is 18.1 Å². The molecule has 0 bridgehead atoms. The van der Waals surface area contributed by atoms with Gasteiger partial charge in [0.1, 0.15) is 24.7 Å². The molecule has 1 saturated heterocycles. The Kier molecular flexibility index (Phi) is 29.4. The van der Waals surface area contributed by atoms with E-state index >= 15 is 0 Å². The molecule has 0 saturated carbocycles. The molecule has 1 aliphatic carbocycles. The Morgan fingerprint density at radius 2 is 1.52 bits per heavy atom. The highest BCUT2D eigenvalue weighted by atomic mass is 16.5. The molecule has 0 aromatic heterocycles. The van der Waals surface area contributed by atoms with Gasteiger partial charge < -0.3 is 61.1 Å². The lowest BCUT2D eigenvalue weighted by atomic mass is 9.90. The molecule has 2 aliphatic rings. The first-order valence-corrected chi connectivity index (χ1v) is 29.6. The second-order valence-corrected chi connectivity index (χ2v) is 22.6. The summed E-state index contributed by atoms with van der Waals surface area (Å²) in [5.74, 6) is -2.07. The van der Waals surface area contributed by atoms with Crippen molar-refractivity contribution < 1.29 is 57.3 Å². The van der Waals surface area contributed by atoms with E-state index in [9.17, 15) is 38.4 Å². The Hall–Kier alpha value is -6.88. The summed E-state index contributed by atoms with van der Waals surface area (Å²) in [5, 5.41) is 17.3. The van der Waals surface area contributed by atoms with Gasteiger partial charge in [-0.3, -0.25) is 39.0 Å². The normalized spacial score (nSPS) is 17.4. The lowest BCUT2D eigenvalue weighted by Gasteiger charge is -2.40. The number of urea groups is 1. The molecular weight excluding hydrogens is 1080 g/mol. The number of primary amides is 1. The lowest BCUT2D eigenvalue weighted by molar-refractivity contribution is -0.146. The number of anilines is 1. The van der Waals surface area contributed by atoms with Crippen molar-refractivity contribution in [2.24, 2.45) is 23.5 Å². The Morgan fingerprint density at radius 3 is 2.14 bits per heavy atom. The summed E-state index contributed by atoms with van der Waals surface area (Å²) in [4.78, 5) is 111. The number of ether oxygens (including phenoxy) is 4. The molecule has 2 aromatic rings. The smallest absolute Gasteiger partial charge is 0.411 e. The van der Waals surface area contributed by atoms with Crippen LogP contribution in [0.4, 0.5) is 15.3 Å². The maximum absolute atomic E-state index is 14.4. The van der Waals surface area contributed by atoms with Crippen LogP contribution in [-0.2, 0) is 60.7 Å². The number of likely N-dealkylation sites (tertiary alicyclic amines) is 1. The highest BCUT2D eigenvalue weighted by molar-refractivity contribution is 5.90. The molecule has 22 heteroatoms. The number of allylic oxidation sites excluding steroid dienone is 3. The van der Waals surface area contributed by atoms with Gasteiger partial charge in [0.15, 0.2) is 0 Å². The maximum atomic E-state index is 14.4. The van der Waals surface area contributed by atoms with E-state index < -0.39 is 48.4 Å². The van der Waals surface area contributed by atoms with Crippen LogP contribution in [0.2, 0.25) is 0 Å². The number of hydrogen-bond donors (Lipinski definition) is 7. The number of benzene rings is 2. The Balaban J connectivity index is 1.33. The summed E-state index contributed by atoms with van der Waals surface area (Å²) in [6, 6.07) is 12.7. The van der Waals surface area contributed by atoms with Crippen LogP contribution < -0.4 is 37.6 Å². The number of amides is 8. The Labute approximate surface area is 497 Å². The minimum Gasteiger partial charge on any atom is -0.468 e. The average Bonchev–Trinajstić information content (AvgIpc) is 3.95. The highest BCUT2D eigenvalue weighted by Crippen LogP contribution is 2.30. The molecule has 0 spiro atoms. The second kappa shape index (κ2) is 35.4. The van der Waals surface area contributed by atoms with E-state index in [0.29, 0.717) is 69.5 Å². The van der Waals surface area contributed by atoms with E-state index in [4.69, 9.17) is 24.7 Å². The van der Waals surface area contributed by atoms with Crippen LogP contribution in [0.5, 0.6) is 0 Å². The third kappa shape index (κ3) is 21.6. The molecule has 1 fully saturated rings. The van der Waals surface area contributed by atoms with Crippen molar-refractivity contribution in [1.82, 2.24) is 41.3 Å². The molecule has 8 amide bonds. The predicted molar refractivity (Wildman–Crippen MR) is 322 cm³/mol. The molecule has 0 radical (unpaired) electrons. The fourth-order valence-electron chi connectivity index (χ4n) is 11.3. The SMILES string of the molecule is CCC(=O)NC(CCCNC(N)=O)C(=O)NC1=CC=C(COC(=O)Nc2cccc(CN(C)C(C(=O)NC(C)C(=O)N(C)C(C(C)CC)C(CC(=O)N3CCCC3C(OC)C(C)CNC(Cc3ccccc3)C(=O)OC)OC)C(C)C)c2)CC1. The van der Waals surface area contributed by atoms with Gasteiger partial charge in [0.25, 0.3) is 0 Å². The van der Waals surface area contributed by atoms with Gasteiger partial charge in [-0.15, -0.1) is 0 Å². The van der Waals surface area contributed by atoms with Gasteiger partial charge in [-0.2, -0.15) is 0 Å². The van der Waals surface area contributed by atoms with Gasteiger partial charge in [0.05, 0.1) is 43.9 Å². The van der Waals surface area contributed by atoms with Crippen molar-refractivity contribution in [2.75, 3.05) is 67.0 Å². The molecule has 466 valence electrons. The molecule has 4 rings (SSSR count). The molecule has 1 heterocycles. The van der Waals surface area contributed by atoms with Crippen LogP contribution >= 0.6 is 0 Å². The van der Waals surface area contributed by atoms with Crippen LogP contribution in [-0.4, -0.2) is 172 Å². The number of rotatable bonds is 34. The third-order valence-corrected chi connectivity index (χ3v) is 15.9. The van der Waals surface area contributed by atoms with Crippen molar-refractivity contribution in [3.05, 3.63) is 89.1 Å². The molecule has 2 aromatic carbocycles. The Morgan fingerprint density at radius 1 is 0.810 bits per heavy atom. The fraction of sp³-hybridized carbons (Fsp3) is 0.613. The molecule has 84 heavy (non-hydrogen) atoms. The molecule has 22 nitrogen and oxygen atoms in total. The van der Waals surface area contributed by atoms with E-state index in [-0.39, 0.29) is 91.4 Å². The number of nitrogens with one attached hydrogen (secondary N) is 6. The number of likely N-dealkylation sites (N-methyl/N-ethyl adjacent to an activating group) is 2. The minimum absolute atomic E-state index is 0.0220. The average molecular weight is 1170 g/mol. The largest absolute Gasteiger partial charge is 0.468 e. The number of carbonyl (C=O) groups excluding carboxylic acids is 8. The molecular formula is C62H96N10O12. The van der Waals surface area contributed by atoms with Gasteiger partial charge in [0.2, 0.25) is 29.5 Å². The van der Waals surface area contributed by atoms with Crippen molar-refractivity contribution in [3.63, 3.8) is 0 Å². The topological polar surface area (TPSA) is 281 Å². The van der Waals surface area contributed by atoms with Crippen LogP contribution in [0.15, 0.2) is 78.0 Å². The number of esters is 1. The van der Waals surface area contributed by atoms with Gasteiger partial charge in [-0.25, -0.2) is 9.59 Å². The standard InChI is InChI=1S/C62H96N10O12/c1-13-40(5)55(51(81-10)35-53(74)72-32-20-26-50(72)56(82-11)41(6)36-65-49(60(78)83-12)34-43-21-16-15-17-22-43)71(9)59(77)42(7)66-58(76)54(39(3)4)70(8)37-45-23-18-24-47(33-45)68-62(80)84-38-44-27-29-46(30-28-44)67-57(75)48(69-52(73)14-2)25-19-31-64-61(63)79/h15-18,21-24,27,29,33,39-42,48-51,54-56,65H,13-14,19-20,25-26,28,30-32,34-38H2,1-12H3,(H,66,76)(H,67,75)(H,68,80)(H,69,73)(H3,63,64,79). The fourth-order valence-corrected chi connectivity index (χ4v) is 11.3. The van der Waals surface area contributed by atoms with Crippen molar-refractivity contribution in [2.45, 2.75) is 168 Å². The number of carbonyl (C=O) groups is 8. The van der Waals surface area contributed by atoms with Gasteiger partial charge in [-0.1, -0.05) is 96.5 Å². The highest BCUT2D eigenvalue weighted by Gasteiger charge is 2.42. The lowest BCUT2D eigenvalue weighted by Crippen LogP contribution is -2.58. The van der Waals surface area contributed by atoms with E-state index in [1.54, 1.807) is 70.4 Å². The Bertz CT molecular complexity index is 2550. The zero-order valence-electron chi connectivity index (χ0n) is 51.6. The zero-order valence-corrected chi connectivity index (χ0v) is 51.6. The van der Waals surface area contributed by atoms with E-state index in [0.717, 1.165) is 29.5 Å². The quantitative estimate of drug-likeness (QED) is 0.0334. The monoisotopic (exact) mass is 1170 g/mol. The summed E-state index contributed by atoms with van der Waals surface area (Å²) >= 11 is 0. The first kappa shape index (κ1) is 69.6. The predicted octanol–water partition coefficient (Wildman–Crippen LogP) is 5.55. The maximum Gasteiger partial charge on any atom is 0.411 e. The van der Waals surface area contributed by atoms with Gasteiger partial charge in [0, 0.05) is 65.3 Å². The summed E-state index contributed by atoms with van der Waals surface area (Å²) in [6.45, 7) is 15.0. The minimum atomic E-state index is -0.917. The number of nitrogens with zero attached hydrogens (tertiary/aromatic N) is 3. The third-order valence-electron chi connectivity index (χ3n) is 15.9. The summed E-state index contributed by atoms with van der Waals surface area (Å²) in [7, 11) is 8.12. The van der Waals surface area contributed by atoms with Crippen LogP contribution in [0.25, 0.3) is 0 Å². The summed E-state index contributed by atoms with van der Waals surface area (Å²) in [5.41, 5.74) is 8.93. The molecule has 8 N–H and O–H groups in total. The van der Waals surface area contributed by atoms with Crippen molar-refractivity contribution >= 4 is 53.3 Å². The first-order valence-electron chi connectivity index (χ1n) is 29.6.